The minimum Gasteiger partial charge on any atom is -0.352 e. The molecule has 5 nitrogen and oxygen atoms in total. The third-order valence-corrected chi connectivity index (χ3v) is 4.47. The van der Waals surface area contributed by atoms with E-state index in [-0.39, 0.29) is 11.5 Å². The predicted octanol–water partition coefficient (Wildman–Crippen LogP) is 3.19. The van der Waals surface area contributed by atoms with E-state index in [2.05, 4.69) is 35.9 Å². The molecular weight excluding hydrogens is 350 g/mol. The third kappa shape index (κ3) is 4.12. The second-order valence-electron chi connectivity index (χ2n) is 6.38. The molecule has 0 spiro atoms. The summed E-state index contributed by atoms with van der Waals surface area (Å²) in [6.07, 6.45) is 10.4. The van der Waals surface area contributed by atoms with Gasteiger partial charge in [-0.25, -0.2) is 4.98 Å². The van der Waals surface area contributed by atoms with Crippen molar-refractivity contribution in [1.29, 1.82) is 0 Å². The molecule has 0 fully saturated rings. The number of aryl methyl sites for hydroxylation is 1. The molecule has 28 heavy (non-hydrogen) atoms. The first-order valence-corrected chi connectivity index (χ1v) is 9.46. The normalized spacial score (nSPS) is 12.8. The van der Waals surface area contributed by atoms with Crippen molar-refractivity contribution < 1.29 is 4.79 Å². The van der Waals surface area contributed by atoms with E-state index in [9.17, 15) is 9.59 Å². The number of hydrogen-bond donors (Lipinski definition) is 1. The number of benzene rings is 1. The van der Waals surface area contributed by atoms with Crippen molar-refractivity contribution in [3.63, 3.8) is 0 Å². The zero-order chi connectivity index (χ0) is 19.9. The predicted molar refractivity (Wildman–Crippen MR) is 113 cm³/mol. The Kier molecular flexibility index (Phi) is 6.23. The Morgan fingerprint density at radius 2 is 2.25 bits per heavy atom. The van der Waals surface area contributed by atoms with Crippen LogP contribution >= 0.6 is 0 Å². The maximum Gasteiger partial charge on any atom is 0.267 e. The van der Waals surface area contributed by atoms with Crippen molar-refractivity contribution in [2.45, 2.75) is 32.6 Å². The molecule has 1 aromatic carbocycles. The number of rotatable bonds is 5. The summed E-state index contributed by atoms with van der Waals surface area (Å²) in [6, 6.07) is 5.55. The van der Waals surface area contributed by atoms with Gasteiger partial charge in [0.15, 0.2) is 0 Å². The molecule has 142 valence electrons. The first-order valence-electron chi connectivity index (χ1n) is 9.46. The zero-order valence-corrected chi connectivity index (χ0v) is 16.0. The molecule has 2 aromatic rings. The maximum atomic E-state index is 13.4. The van der Waals surface area contributed by atoms with E-state index >= 15 is 0 Å². The number of carbonyl (C=O) groups is 1. The molecule has 0 saturated heterocycles. The molecule has 0 aliphatic heterocycles. The van der Waals surface area contributed by atoms with E-state index in [0.717, 1.165) is 24.4 Å². The second kappa shape index (κ2) is 9.01. The van der Waals surface area contributed by atoms with Gasteiger partial charge < -0.3 is 5.32 Å². The van der Waals surface area contributed by atoms with Crippen LogP contribution in [0.25, 0.3) is 16.6 Å². The van der Waals surface area contributed by atoms with Crippen LogP contribution in [0.1, 0.15) is 37.6 Å². The van der Waals surface area contributed by atoms with Gasteiger partial charge in [-0.15, -0.1) is 0 Å². The number of carbonyl (C=O) groups excluding carboxylic acids is 1. The summed E-state index contributed by atoms with van der Waals surface area (Å²) in [5, 5.41) is 3.21. The Morgan fingerprint density at radius 1 is 1.39 bits per heavy atom. The SMILES string of the molecule is C=CC(=O)NCCC#Cc1cccc2nc(CC)n(C3=CCCC=C3)c(=O)c12. The van der Waals surface area contributed by atoms with Gasteiger partial charge in [-0.05, 0) is 37.1 Å². The summed E-state index contributed by atoms with van der Waals surface area (Å²) >= 11 is 0. The van der Waals surface area contributed by atoms with Crippen molar-refractivity contribution in [1.82, 2.24) is 14.9 Å². The van der Waals surface area contributed by atoms with Crippen LogP contribution in [0.5, 0.6) is 0 Å². The fourth-order valence-corrected chi connectivity index (χ4v) is 3.13. The molecule has 0 radical (unpaired) electrons. The highest BCUT2D eigenvalue weighted by atomic mass is 16.1. The fourth-order valence-electron chi connectivity index (χ4n) is 3.13. The van der Waals surface area contributed by atoms with Gasteiger partial charge in [-0.3, -0.25) is 14.2 Å². The average Bonchev–Trinajstić information content (AvgIpc) is 2.73. The largest absolute Gasteiger partial charge is 0.352 e. The number of allylic oxidation sites excluding steroid dienone is 4. The van der Waals surface area contributed by atoms with E-state index in [1.165, 1.54) is 6.08 Å². The highest BCUT2D eigenvalue weighted by Gasteiger charge is 2.15. The lowest BCUT2D eigenvalue weighted by Crippen LogP contribution is -2.25. The smallest absolute Gasteiger partial charge is 0.267 e. The summed E-state index contributed by atoms with van der Waals surface area (Å²) in [7, 11) is 0. The van der Waals surface area contributed by atoms with Crippen molar-refractivity contribution >= 4 is 22.5 Å². The molecule has 1 aromatic heterocycles. The fraction of sp³-hybridized carbons (Fsp3) is 0.261. The highest BCUT2D eigenvalue weighted by molar-refractivity contribution is 5.87. The monoisotopic (exact) mass is 373 g/mol. The topological polar surface area (TPSA) is 64.0 Å². The Hall–Kier alpha value is -3.39. The number of hydrogen-bond acceptors (Lipinski definition) is 3. The number of fused-ring (bicyclic) bond motifs is 1. The lowest BCUT2D eigenvalue weighted by molar-refractivity contribution is -0.116. The van der Waals surface area contributed by atoms with Crippen LogP contribution in [0.2, 0.25) is 0 Å². The molecule has 1 aliphatic rings. The summed E-state index contributed by atoms with van der Waals surface area (Å²) in [4.78, 5) is 29.3. The van der Waals surface area contributed by atoms with Gasteiger partial charge in [0.2, 0.25) is 5.91 Å². The summed E-state index contributed by atoms with van der Waals surface area (Å²) < 4.78 is 1.70. The molecule has 1 amide bonds. The van der Waals surface area contributed by atoms with Gasteiger partial charge in [0.1, 0.15) is 5.82 Å². The first-order chi connectivity index (χ1) is 13.7. The van der Waals surface area contributed by atoms with Gasteiger partial charge in [-0.1, -0.05) is 43.6 Å². The van der Waals surface area contributed by atoms with Gasteiger partial charge in [0.05, 0.1) is 10.9 Å². The third-order valence-electron chi connectivity index (χ3n) is 4.47. The van der Waals surface area contributed by atoms with Crippen LogP contribution in [0, 0.1) is 11.8 Å². The quantitative estimate of drug-likeness (QED) is 0.497. The number of nitrogens with one attached hydrogen (secondary N) is 1. The molecule has 0 saturated carbocycles. The van der Waals surface area contributed by atoms with E-state index in [4.69, 9.17) is 4.98 Å². The molecular formula is C23H23N3O2. The van der Waals surface area contributed by atoms with Crippen LogP contribution in [0.4, 0.5) is 0 Å². The molecule has 1 heterocycles. The lowest BCUT2D eigenvalue weighted by Gasteiger charge is -2.15. The van der Waals surface area contributed by atoms with Crippen molar-refractivity contribution in [3.8, 4) is 11.8 Å². The van der Waals surface area contributed by atoms with Gasteiger partial charge >= 0.3 is 0 Å². The minimum absolute atomic E-state index is 0.0930. The highest BCUT2D eigenvalue weighted by Crippen LogP contribution is 2.19. The molecule has 1 N–H and O–H groups in total. The van der Waals surface area contributed by atoms with Crippen LogP contribution in [-0.4, -0.2) is 22.0 Å². The Labute approximate surface area is 164 Å². The lowest BCUT2D eigenvalue weighted by atomic mass is 10.1. The Morgan fingerprint density at radius 3 is 2.96 bits per heavy atom. The van der Waals surface area contributed by atoms with Crippen molar-refractivity contribution in [2.24, 2.45) is 0 Å². The number of amides is 1. The van der Waals surface area contributed by atoms with Crippen molar-refractivity contribution in [3.05, 3.63) is 70.8 Å². The zero-order valence-electron chi connectivity index (χ0n) is 16.0. The summed E-state index contributed by atoms with van der Waals surface area (Å²) in [5.41, 5.74) is 2.09. The maximum absolute atomic E-state index is 13.4. The van der Waals surface area contributed by atoms with Crippen LogP contribution in [0.15, 0.2) is 53.9 Å². The Balaban J connectivity index is 2.02. The molecule has 0 bridgehead atoms. The van der Waals surface area contributed by atoms with E-state index < -0.39 is 0 Å². The van der Waals surface area contributed by atoms with Crippen LogP contribution < -0.4 is 10.9 Å². The van der Waals surface area contributed by atoms with E-state index in [1.54, 1.807) is 4.57 Å². The molecule has 0 unspecified atom stereocenters. The van der Waals surface area contributed by atoms with Crippen molar-refractivity contribution in [2.75, 3.05) is 6.54 Å². The van der Waals surface area contributed by atoms with Crippen LogP contribution in [0.3, 0.4) is 0 Å². The molecule has 5 heteroatoms. The van der Waals surface area contributed by atoms with E-state index in [1.807, 2.05) is 31.2 Å². The first kappa shape index (κ1) is 19.4. The number of aromatic nitrogens is 2. The standard InChI is InChI=1S/C23H23N3O2/c1-3-20-25-19-15-10-12-17(11-8-9-16-24-21(27)4-2)22(19)23(28)26(20)18-13-6-5-7-14-18/h4,6,10,12-15H,2-3,5,7,9,16H2,1H3,(H,24,27). The molecule has 3 rings (SSSR count). The van der Waals surface area contributed by atoms with Gasteiger partial charge in [0, 0.05) is 30.6 Å². The van der Waals surface area contributed by atoms with E-state index in [0.29, 0.717) is 35.9 Å². The average molecular weight is 373 g/mol. The summed E-state index contributed by atoms with van der Waals surface area (Å²) in [5.74, 6) is 6.62. The second-order valence-corrected chi connectivity index (χ2v) is 6.38. The van der Waals surface area contributed by atoms with Gasteiger partial charge in [-0.2, -0.15) is 0 Å². The summed E-state index contributed by atoms with van der Waals surface area (Å²) in [6.45, 7) is 5.84. The minimum atomic E-state index is -0.222. The number of nitrogens with zero attached hydrogens (tertiary/aromatic N) is 2. The Bertz CT molecular complexity index is 1090. The van der Waals surface area contributed by atoms with Crippen LogP contribution in [-0.2, 0) is 11.2 Å². The van der Waals surface area contributed by atoms with Gasteiger partial charge in [0.25, 0.3) is 5.56 Å². The molecule has 0 atom stereocenters. The molecule has 1 aliphatic carbocycles.